The van der Waals surface area contributed by atoms with E-state index in [9.17, 15) is 0 Å². The molecule has 0 atom stereocenters. The van der Waals surface area contributed by atoms with Gasteiger partial charge in [0.1, 0.15) is 23.0 Å². The number of anilines is 3. The minimum absolute atomic E-state index is 0.635. The Bertz CT molecular complexity index is 1880. The Morgan fingerprint density at radius 2 is 1.07 bits per heavy atom. The van der Waals surface area contributed by atoms with Crippen molar-refractivity contribution in [3.8, 4) is 11.5 Å². The summed E-state index contributed by atoms with van der Waals surface area (Å²) in [5, 5.41) is 1.27. The molecule has 0 spiro atoms. The van der Waals surface area contributed by atoms with Gasteiger partial charge in [0.05, 0.1) is 35.6 Å². The average Bonchev–Trinajstić information content (AvgIpc) is 3.56. The van der Waals surface area contributed by atoms with E-state index < -0.39 is 0 Å². The third-order valence-corrected chi connectivity index (χ3v) is 8.15. The third-order valence-electron chi connectivity index (χ3n) is 7.51. The van der Waals surface area contributed by atoms with Crippen molar-refractivity contribution < 1.29 is 13.9 Å². The van der Waals surface area contributed by atoms with E-state index in [0.717, 1.165) is 62.3 Å². The second kappa shape index (κ2) is 14.3. The molecule has 6 heteroatoms. The van der Waals surface area contributed by atoms with Gasteiger partial charge in [-0.1, -0.05) is 89.9 Å². The predicted octanol–water partition coefficient (Wildman–Crippen LogP) is 11.8. The maximum absolute atomic E-state index is 6.63. The highest BCUT2D eigenvalue weighted by Crippen LogP contribution is 2.41. The minimum Gasteiger partial charge on any atom is -0.497 e. The first-order valence-electron chi connectivity index (χ1n) is 14.7. The second-order valence-electron chi connectivity index (χ2n) is 10.4. The van der Waals surface area contributed by atoms with Crippen LogP contribution < -0.4 is 14.4 Å². The van der Waals surface area contributed by atoms with Crippen LogP contribution in [0.4, 0.5) is 17.1 Å². The highest BCUT2D eigenvalue weighted by atomic mass is 35.5. The van der Waals surface area contributed by atoms with Crippen LogP contribution in [0, 0.1) is 0 Å². The van der Waals surface area contributed by atoms with Crippen molar-refractivity contribution in [3.63, 3.8) is 0 Å². The van der Waals surface area contributed by atoms with Gasteiger partial charge in [0, 0.05) is 5.69 Å². The molecule has 6 aromatic rings. The fourth-order valence-corrected chi connectivity index (χ4v) is 5.58. The molecular formula is C40H31Cl2NO3. The summed E-state index contributed by atoms with van der Waals surface area (Å²) in [4.78, 5) is 2.06. The number of methoxy groups -OCH3 is 2. The van der Waals surface area contributed by atoms with Crippen LogP contribution in [0.25, 0.3) is 23.8 Å². The van der Waals surface area contributed by atoms with Crippen molar-refractivity contribution >= 4 is 64.1 Å². The molecule has 46 heavy (non-hydrogen) atoms. The lowest BCUT2D eigenvalue weighted by Gasteiger charge is -2.27. The smallest absolute Gasteiger partial charge is 0.128 e. The molecule has 4 nitrogen and oxygen atoms in total. The van der Waals surface area contributed by atoms with Gasteiger partial charge in [-0.05, 0) is 107 Å². The Kier molecular flexibility index (Phi) is 9.59. The van der Waals surface area contributed by atoms with Crippen LogP contribution >= 0.6 is 23.2 Å². The fourth-order valence-electron chi connectivity index (χ4n) is 5.14. The van der Waals surface area contributed by atoms with Crippen molar-refractivity contribution in [1.29, 1.82) is 0 Å². The Balaban J connectivity index is 1.26. The predicted molar refractivity (Wildman–Crippen MR) is 192 cm³/mol. The van der Waals surface area contributed by atoms with Gasteiger partial charge >= 0.3 is 0 Å². The SMILES string of the molecule is COc1ccc(C(=Cc2ccc(C=Cc3ccc(N(c4ccccc4Cl)c4ccccc4Cl)cc3)o2)c2ccc(OC)cc2)cc1. The molecule has 1 aromatic heterocycles. The molecule has 5 aromatic carbocycles. The third kappa shape index (κ3) is 7.05. The molecule has 0 bridgehead atoms. The minimum atomic E-state index is 0.635. The molecule has 1 heterocycles. The number of hydrogen-bond donors (Lipinski definition) is 0. The molecule has 0 saturated heterocycles. The molecule has 0 unspecified atom stereocenters. The van der Waals surface area contributed by atoms with Crippen LogP contribution in [0.1, 0.15) is 28.2 Å². The van der Waals surface area contributed by atoms with Crippen LogP contribution in [0.3, 0.4) is 0 Å². The average molecular weight is 645 g/mol. The molecule has 0 saturated carbocycles. The Morgan fingerprint density at radius 3 is 1.57 bits per heavy atom. The summed E-state index contributed by atoms with van der Waals surface area (Å²) in [5.74, 6) is 3.09. The Labute approximate surface area is 279 Å². The molecule has 0 fully saturated rings. The van der Waals surface area contributed by atoms with Gasteiger partial charge in [-0.15, -0.1) is 0 Å². The zero-order valence-corrected chi connectivity index (χ0v) is 26.9. The first kappa shape index (κ1) is 30.8. The van der Waals surface area contributed by atoms with E-state index in [1.807, 2.05) is 127 Å². The number of benzene rings is 5. The number of ether oxygens (including phenoxy) is 2. The van der Waals surface area contributed by atoms with Gasteiger partial charge in [0.2, 0.25) is 0 Å². The van der Waals surface area contributed by atoms with Gasteiger partial charge in [-0.2, -0.15) is 0 Å². The maximum atomic E-state index is 6.63. The molecule has 0 amide bonds. The first-order chi connectivity index (χ1) is 22.5. The van der Waals surface area contributed by atoms with Gasteiger partial charge in [-0.3, -0.25) is 0 Å². The van der Waals surface area contributed by atoms with Crippen molar-refractivity contribution in [1.82, 2.24) is 0 Å². The molecule has 228 valence electrons. The standard InChI is InChI=1S/C40H31Cl2NO3/c1-44-32-21-14-29(15-22-32)36(30-16-23-33(45-2)24-17-30)27-35-26-25-34(46-35)20-13-28-11-18-31(19-12-28)43(39-9-5-3-7-37(39)41)40-10-6-4-8-38(40)42/h3-27H,1-2H3. The van der Waals surface area contributed by atoms with E-state index in [0.29, 0.717) is 10.0 Å². The van der Waals surface area contributed by atoms with Crippen molar-refractivity contribution in [2.45, 2.75) is 0 Å². The molecular weight excluding hydrogens is 613 g/mol. The van der Waals surface area contributed by atoms with Crippen LogP contribution in [-0.4, -0.2) is 14.2 Å². The van der Waals surface area contributed by atoms with Gasteiger partial charge in [-0.25, -0.2) is 0 Å². The van der Waals surface area contributed by atoms with E-state index in [-0.39, 0.29) is 0 Å². The number of nitrogens with zero attached hydrogens (tertiary/aromatic N) is 1. The molecule has 0 N–H and O–H groups in total. The number of para-hydroxylation sites is 2. The Morgan fingerprint density at radius 1 is 0.565 bits per heavy atom. The highest BCUT2D eigenvalue weighted by molar-refractivity contribution is 6.35. The van der Waals surface area contributed by atoms with Gasteiger partial charge in [0.15, 0.2) is 0 Å². The number of halogens is 2. The normalized spacial score (nSPS) is 11.0. The molecule has 6 rings (SSSR count). The van der Waals surface area contributed by atoms with Gasteiger partial charge in [0.25, 0.3) is 0 Å². The highest BCUT2D eigenvalue weighted by Gasteiger charge is 2.17. The summed E-state index contributed by atoms with van der Waals surface area (Å²) in [7, 11) is 3.33. The summed E-state index contributed by atoms with van der Waals surface area (Å²) in [6, 6.07) is 43.6. The number of rotatable bonds is 10. The summed E-state index contributed by atoms with van der Waals surface area (Å²) in [6.45, 7) is 0. The van der Waals surface area contributed by atoms with Crippen molar-refractivity contribution in [2.75, 3.05) is 19.1 Å². The zero-order valence-electron chi connectivity index (χ0n) is 25.4. The zero-order chi connectivity index (χ0) is 31.9. The second-order valence-corrected chi connectivity index (χ2v) is 11.2. The van der Waals surface area contributed by atoms with E-state index in [4.69, 9.17) is 37.1 Å². The molecule has 0 aliphatic heterocycles. The topological polar surface area (TPSA) is 34.8 Å². The lowest BCUT2D eigenvalue weighted by Crippen LogP contribution is -2.10. The lowest BCUT2D eigenvalue weighted by atomic mass is 9.97. The van der Waals surface area contributed by atoms with E-state index in [1.165, 1.54) is 0 Å². The largest absolute Gasteiger partial charge is 0.497 e. The van der Waals surface area contributed by atoms with E-state index in [1.54, 1.807) is 14.2 Å². The summed E-state index contributed by atoms with van der Waals surface area (Å²) in [5.41, 5.74) is 6.76. The molecule has 0 aliphatic carbocycles. The summed E-state index contributed by atoms with van der Waals surface area (Å²) in [6.07, 6.45) is 6.04. The van der Waals surface area contributed by atoms with Gasteiger partial charge < -0.3 is 18.8 Å². The summed E-state index contributed by atoms with van der Waals surface area (Å²) < 4.78 is 16.9. The fraction of sp³-hybridized carbons (Fsp3) is 0.0500. The monoisotopic (exact) mass is 643 g/mol. The Hall–Kier alpha value is -5.16. The van der Waals surface area contributed by atoms with Crippen LogP contribution in [-0.2, 0) is 0 Å². The van der Waals surface area contributed by atoms with Crippen molar-refractivity contribution in [2.24, 2.45) is 0 Å². The van der Waals surface area contributed by atoms with Crippen LogP contribution in [0.5, 0.6) is 11.5 Å². The summed E-state index contributed by atoms with van der Waals surface area (Å²) >= 11 is 13.3. The first-order valence-corrected chi connectivity index (χ1v) is 15.5. The molecule has 0 radical (unpaired) electrons. The number of hydrogen-bond acceptors (Lipinski definition) is 4. The maximum Gasteiger partial charge on any atom is 0.128 e. The quantitative estimate of drug-likeness (QED) is 0.149. The molecule has 0 aliphatic rings. The van der Waals surface area contributed by atoms with E-state index >= 15 is 0 Å². The van der Waals surface area contributed by atoms with Crippen molar-refractivity contribution in [3.05, 3.63) is 172 Å². The lowest BCUT2D eigenvalue weighted by molar-refractivity contribution is 0.414. The van der Waals surface area contributed by atoms with E-state index in [2.05, 4.69) is 29.2 Å². The van der Waals surface area contributed by atoms with Crippen LogP contribution in [0.2, 0.25) is 10.0 Å². The number of furan rings is 1. The van der Waals surface area contributed by atoms with Crippen LogP contribution in [0.15, 0.2) is 138 Å².